The van der Waals surface area contributed by atoms with Gasteiger partial charge >= 0.3 is 0 Å². The lowest BCUT2D eigenvalue weighted by atomic mass is 9.93. The van der Waals surface area contributed by atoms with Gasteiger partial charge in [0.25, 0.3) is 0 Å². The number of halogens is 1. The van der Waals surface area contributed by atoms with Crippen LogP contribution in [0.3, 0.4) is 0 Å². The Hall–Kier alpha value is -2.34. The topological polar surface area (TPSA) is 35.8 Å². The molecule has 0 aliphatic carbocycles. The highest BCUT2D eigenvalue weighted by Crippen LogP contribution is 2.20. The highest BCUT2D eigenvalue weighted by molar-refractivity contribution is 5.49. The molecule has 0 aliphatic heterocycles. The van der Waals surface area contributed by atoms with Crippen LogP contribution in [0.4, 0.5) is 10.1 Å². The van der Waals surface area contributed by atoms with E-state index < -0.39 is 5.54 Å². The molecule has 1 unspecified atom stereocenters. The maximum atomic E-state index is 13.2. The van der Waals surface area contributed by atoms with Crippen LogP contribution in [0.2, 0.25) is 0 Å². The van der Waals surface area contributed by atoms with Crippen LogP contribution in [0, 0.1) is 24.1 Å². The lowest BCUT2D eigenvalue weighted by molar-refractivity contribution is 0.613. The van der Waals surface area contributed by atoms with Crippen molar-refractivity contribution in [3.8, 4) is 6.07 Å². The Labute approximate surface area is 118 Å². The van der Waals surface area contributed by atoms with E-state index in [1.807, 2.05) is 44.2 Å². The summed E-state index contributed by atoms with van der Waals surface area (Å²) in [7, 11) is 0. The minimum Gasteiger partial charge on any atom is -0.367 e. The molecule has 1 N–H and O–H groups in total. The van der Waals surface area contributed by atoms with Gasteiger partial charge in [0.15, 0.2) is 0 Å². The lowest BCUT2D eigenvalue weighted by Gasteiger charge is -2.25. The molecule has 2 aromatic carbocycles. The van der Waals surface area contributed by atoms with E-state index in [1.165, 1.54) is 12.1 Å². The van der Waals surface area contributed by atoms with Gasteiger partial charge in [0.2, 0.25) is 0 Å². The lowest BCUT2D eigenvalue weighted by Crippen LogP contribution is -2.35. The standard InChI is InChI=1S/C17H17FN2/c1-13-5-3-8-16(9-13)20-17(2,12-19)11-14-6-4-7-15(18)10-14/h3-10,20H,11H2,1-2H3. The molecule has 2 nitrogen and oxygen atoms in total. The zero-order valence-electron chi connectivity index (χ0n) is 11.7. The average Bonchev–Trinajstić information content (AvgIpc) is 2.38. The smallest absolute Gasteiger partial charge is 0.126 e. The van der Waals surface area contributed by atoms with Gasteiger partial charge in [-0.15, -0.1) is 0 Å². The van der Waals surface area contributed by atoms with Gasteiger partial charge in [0.1, 0.15) is 11.4 Å². The molecule has 0 heterocycles. The van der Waals surface area contributed by atoms with Gasteiger partial charge < -0.3 is 5.32 Å². The van der Waals surface area contributed by atoms with E-state index in [1.54, 1.807) is 6.07 Å². The molecular formula is C17H17FN2. The Kier molecular flexibility index (Phi) is 4.05. The molecule has 3 heteroatoms. The Morgan fingerprint density at radius 2 is 1.95 bits per heavy atom. The minimum absolute atomic E-state index is 0.279. The van der Waals surface area contributed by atoms with Gasteiger partial charge in [-0.3, -0.25) is 0 Å². The quantitative estimate of drug-likeness (QED) is 0.907. The van der Waals surface area contributed by atoms with Crippen molar-refractivity contribution in [1.82, 2.24) is 0 Å². The summed E-state index contributed by atoms with van der Waals surface area (Å²) in [4.78, 5) is 0. The zero-order valence-corrected chi connectivity index (χ0v) is 11.7. The normalized spacial score (nSPS) is 13.3. The summed E-state index contributed by atoms with van der Waals surface area (Å²) in [6, 6.07) is 16.5. The van der Waals surface area contributed by atoms with E-state index >= 15 is 0 Å². The number of nitrogens with zero attached hydrogens (tertiary/aromatic N) is 1. The summed E-state index contributed by atoms with van der Waals surface area (Å²) in [6.07, 6.45) is 0.440. The van der Waals surface area contributed by atoms with E-state index in [4.69, 9.17) is 0 Å². The van der Waals surface area contributed by atoms with Crippen LogP contribution >= 0.6 is 0 Å². The van der Waals surface area contributed by atoms with Crippen LogP contribution in [0.25, 0.3) is 0 Å². The second-order valence-electron chi connectivity index (χ2n) is 5.25. The van der Waals surface area contributed by atoms with E-state index in [-0.39, 0.29) is 5.82 Å². The maximum Gasteiger partial charge on any atom is 0.126 e. The van der Waals surface area contributed by atoms with Crippen LogP contribution in [-0.4, -0.2) is 5.54 Å². The largest absolute Gasteiger partial charge is 0.367 e. The second kappa shape index (κ2) is 5.75. The van der Waals surface area contributed by atoms with Crippen molar-refractivity contribution >= 4 is 5.69 Å². The fourth-order valence-electron chi connectivity index (χ4n) is 2.21. The third-order valence-corrected chi connectivity index (χ3v) is 3.13. The number of anilines is 1. The molecule has 0 saturated carbocycles. The van der Waals surface area contributed by atoms with Crippen molar-refractivity contribution < 1.29 is 4.39 Å². The van der Waals surface area contributed by atoms with Gasteiger partial charge in [-0.25, -0.2) is 4.39 Å². The van der Waals surface area contributed by atoms with Crippen molar-refractivity contribution in [1.29, 1.82) is 5.26 Å². The molecule has 2 rings (SSSR count). The summed E-state index contributed by atoms with van der Waals surface area (Å²) in [5.41, 5.74) is 2.04. The number of benzene rings is 2. The van der Waals surface area contributed by atoms with E-state index in [0.717, 1.165) is 16.8 Å². The van der Waals surface area contributed by atoms with E-state index in [0.29, 0.717) is 6.42 Å². The molecule has 2 aromatic rings. The van der Waals surface area contributed by atoms with Crippen molar-refractivity contribution in [3.63, 3.8) is 0 Å². The Morgan fingerprint density at radius 3 is 2.60 bits per heavy atom. The molecule has 0 spiro atoms. The van der Waals surface area contributed by atoms with Gasteiger partial charge in [-0.2, -0.15) is 5.26 Å². The molecule has 102 valence electrons. The van der Waals surface area contributed by atoms with Crippen molar-refractivity contribution in [2.24, 2.45) is 0 Å². The molecule has 1 atom stereocenters. The van der Waals surface area contributed by atoms with Crippen LogP contribution in [0.15, 0.2) is 48.5 Å². The monoisotopic (exact) mass is 268 g/mol. The molecule has 0 fully saturated rings. The number of hydrogen-bond donors (Lipinski definition) is 1. The van der Waals surface area contributed by atoms with Gasteiger partial charge in [-0.05, 0) is 49.2 Å². The fraction of sp³-hybridized carbons (Fsp3) is 0.235. The van der Waals surface area contributed by atoms with E-state index in [2.05, 4.69) is 11.4 Å². The summed E-state index contributed by atoms with van der Waals surface area (Å²) in [6.45, 7) is 3.82. The Morgan fingerprint density at radius 1 is 1.20 bits per heavy atom. The zero-order chi connectivity index (χ0) is 14.6. The van der Waals surface area contributed by atoms with Crippen molar-refractivity contribution in [2.45, 2.75) is 25.8 Å². The molecule has 0 amide bonds. The predicted molar refractivity (Wildman–Crippen MR) is 78.9 cm³/mol. The molecule has 0 bridgehead atoms. The number of hydrogen-bond acceptors (Lipinski definition) is 2. The van der Waals surface area contributed by atoms with Crippen LogP contribution in [-0.2, 0) is 6.42 Å². The first-order chi connectivity index (χ1) is 9.50. The first kappa shape index (κ1) is 14.1. The minimum atomic E-state index is -0.776. The van der Waals surface area contributed by atoms with E-state index in [9.17, 15) is 9.65 Å². The summed E-state index contributed by atoms with van der Waals surface area (Å²) >= 11 is 0. The van der Waals surface area contributed by atoms with Crippen molar-refractivity contribution in [2.75, 3.05) is 5.32 Å². The van der Waals surface area contributed by atoms with Crippen LogP contribution in [0.5, 0.6) is 0 Å². The van der Waals surface area contributed by atoms with Gasteiger partial charge in [0, 0.05) is 12.1 Å². The Bertz CT molecular complexity index is 596. The Balaban J connectivity index is 2.19. The highest BCUT2D eigenvalue weighted by Gasteiger charge is 2.24. The average molecular weight is 268 g/mol. The number of aryl methyl sites for hydroxylation is 1. The SMILES string of the molecule is Cc1cccc(NC(C)(C#N)Cc2cccc(F)c2)c1. The number of nitrogens with one attached hydrogen (secondary N) is 1. The summed E-state index contributed by atoms with van der Waals surface area (Å²) in [5, 5.41) is 12.7. The third-order valence-electron chi connectivity index (χ3n) is 3.13. The summed E-state index contributed by atoms with van der Waals surface area (Å²) < 4.78 is 13.2. The first-order valence-corrected chi connectivity index (χ1v) is 6.51. The van der Waals surface area contributed by atoms with Gasteiger partial charge in [0.05, 0.1) is 6.07 Å². The predicted octanol–water partition coefficient (Wildman–Crippen LogP) is 4.07. The number of rotatable bonds is 4. The third kappa shape index (κ3) is 3.58. The molecule has 0 aliphatic rings. The van der Waals surface area contributed by atoms with Crippen LogP contribution < -0.4 is 5.32 Å². The number of nitriles is 1. The first-order valence-electron chi connectivity index (χ1n) is 6.51. The molecule has 0 saturated heterocycles. The van der Waals surface area contributed by atoms with Gasteiger partial charge in [-0.1, -0.05) is 24.3 Å². The maximum absolute atomic E-state index is 13.2. The van der Waals surface area contributed by atoms with Crippen LogP contribution in [0.1, 0.15) is 18.1 Å². The second-order valence-corrected chi connectivity index (χ2v) is 5.25. The summed E-state index contributed by atoms with van der Waals surface area (Å²) in [5.74, 6) is -0.279. The van der Waals surface area contributed by atoms with Crippen molar-refractivity contribution in [3.05, 3.63) is 65.5 Å². The molecule has 20 heavy (non-hydrogen) atoms. The molecule has 0 aromatic heterocycles. The highest BCUT2D eigenvalue weighted by atomic mass is 19.1. The molecular weight excluding hydrogens is 251 g/mol. The molecule has 0 radical (unpaired) electrons. The fourth-order valence-corrected chi connectivity index (χ4v) is 2.21.